The summed E-state index contributed by atoms with van der Waals surface area (Å²) in [6.45, 7) is 3.61. The van der Waals surface area contributed by atoms with Crippen molar-refractivity contribution in [3.8, 4) is 5.75 Å². The summed E-state index contributed by atoms with van der Waals surface area (Å²) in [5.41, 5.74) is 1.60. The average molecular weight is 534 g/mol. The molecule has 0 saturated carbocycles. The Morgan fingerprint density at radius 2 is 1.57 bits per heavy atom. The van der Waals surface area contributed by atoms with Gasteiger partial charge in [0.1, 0.15) is 11.8 Å². The molecule has 0 aromatic heterocycles. The molecular weight excluding hydrogens is 507 g/mol. The molecule has 1 atom stereocenters. The maximum Gasteiger partial charge on any atom is 0.261 e. The van der Waals surface area contributed by atoms with E-state index >= 15 is 0 Å². The molecular formula is C27H27Cl3N2O3. The van der Waals surface area contributed by atoms with Crippen LogP contribution in [0.3, 0.4) is 0 Å². The second-order valence-corrected chi connectivity index (χ2v) is 9.65. The second kappa shape index (κ2) is 12.8. The number of amides is 2. The first-order chi connectivity index (χ1) is 16.7. The van der Waals surface area contributed by atoms with Crippen molar-refractivity contribution in [3.63, 3.8) is 0 Å². The average Bonchev–Trinajstić information content (AvgIpc) is 2.82. The third kappa shape index (κ3) is 8.17. The van der Waals surface area contributed by atoms with Gasteiger partial charge in [0.05, 0.1) is 0 Å². The van der Waals surface area contributed by atoms with Gasteiger partial charge in [-0.25, -0.2) is 0 Å². The van der Waals surface area contributed by atoms with Gasteiger partial charge in [0.25, 0.3) is 5.91 Å². The molecule has 2 amide bonds. The van der Waals surface area contributed by atoms with Crippen LogP contribution in [0.25, 0.3) is 0 Å². The minimum Gasteiger partial charge on any atom is -0.484 e. The number of nitrogens with zero attached hydrogens (tertiary/aromatic N) is 1. The predicted molar refractivity (Wildman–Crippen MR) is 141 cm³/mol. The van der Waals surface area contributed by atoms with Crippen LogP contribution in [0.1, 0.15) is 25.0 Å². The van der Waals surface area contributed by atoms with Gasteiger partial charge >= 0.3 is 0 Å². The molecule has 0 fully saturated rings. The molecule has 8 heteroatoms. The van der Waals surface area contributed by atoms with E-state index in [0.29, 0.717) is 32.8 Å². The number of rotatable bonds is 10. The lowest BCUT2D eigenvalue weighted by Crippen LogP contribution is -2.52. The Labute approximate surface area is 220 Å². The summed E-state index contributed by atoms with van der Waals surface area (Å²) in [4.78, 5) is 28.4. The van der Waals surface area contributed by atoms with Crippen LogP contribution in [0.5, 0.6) is 5.75 Å². The van der Waals surface area contributed by atoms with Gasteiger partial charge in [-0.2, -0.15) is 0 Å². The Bertz CT molecular complexity index is 1140. The summed E-state index contributed by atoms with van der Waals surface area (Å²) < 4.78 is 5.72. The van der Waals surface area contributed by atoms with Gasteiger partial charge in [-0.05, 0) is 61.4 Å². The monoisotopic (exact) mass is 532 g/mol. The standard InChI is InChI=1S/C27H27Cl3N2O3/c1-18(2)31-27(34)25(14-19-6-4-3-5-7-19)32(16-20-8-9-22(29)15-24(20)30)26(33)17-35-23-12-10-21(28)11-13-23/h3-13,15,18,25H,14,16-17H2,1-2H3,(H,31,34)/t25-/m1/s1. The molecule has 0 unspecified atom stereocenters. The molecule has 0 spiro atoms. The molecule has 0 aliphatic rings. The Kier molecular flexibility index (Phi) is 9.84. The SMILES string of the molecule is CC(C)NC(=O)[C@@H](Cc1ccccc1)N(Cc1ccc(Cl)cc1Cl)C(=O)COc1ccc(Cl)cc1. The van der Waals surface area contributed by atoms with E-state index in [4.69, 9.17) is 39.5 Å². The molecule has 0 saturated heterocycles. The van der Waals surface area contributed by atoms with Gasteiger partial charge in [0, 0.05) is 34.1 Å². The van der Waals surface area contributed by atoms with Gasteiger partial charge < -0.3 is 15.0 Å². The molecule has 0 bridgehead atoms. The molecule has 3 aromatic carbocycles. The first-order valence-electron chi connectivity index (χ1n) is 11.2. The number of hydrogen-bond donors (Lipinski definition) is 1. The first-order valence-corrected chi connectivity index (χ1v) is 12.3. The lowest BCUT2D eigenvalue weighted by atomic mass is 10.0. The van der Waals surface area contributed by atoms with Crippen molar-refractivity contribution in [1.29, 1.82) is 0 Å². The third-order valence-corrected chi connectivity index (χ3v) is 6.07. The molecule has 3 rings (SSSR count). The summed E-state index contributed by atoms with van der Waals surface area (Å²) in [5, 5.41) is 4.41. The van der Waals surface area contributed by atoms with E-state index in [-0.39, 0.29) is 31.0 Å². The number of ether oxygens (including phenoxy) is 1. The fourth-order valence-corrected chi connectivity index (χ4v) is 4.12. The lowest BCUT2D eigenvalue weighted by Gasteiger charge is -2.32. The fraction of sp³-hybridized carbons (Fsp3) is 0.259. The fourth-order valence-electron chi connectivity index (χ4n) is 3.53. The van der Waals surface area contributed by atoms with E-state index in [2.05, 4.69) is 5.32 Å². The number of benzene rings is 3. The van der Waals surface area contributed by atoms with Gasteiger partial charge in [0.15, 0.2) is 6.61 Å². The van der Waals surface area contributed by atoms with Gasteiger partial charge in [-0.3, -0.25) is 9.59 Å². The van der Waals surface area contributed by atoms with Crippen LogP contribution in [-0.4, -0.2) is 35.4 Å². The van der Waals surface area contributed by atoms with Gasteiger partial charge in [-0.1, -0.05) is 71.2 Å². The van der Waals surface area contributed by atoms with E-state index in [1.54, 1.807) is 42.5 Å². The normalized spacial score (nSPS) is 11.7. The number of hydrogen-bond acceptors (Lipinski definition) is 3. The number of carbonyl (C=O) groups is 2. The van der Waals surface area contributed by atoms with Crippen LogP contribution in [0.15, 0.2) is 72.8 Å². The van der Waals surface area contributed by atoms with Gasteiger partial charge in [0.2, 0.25) is 5.91 Å². The zero-order valence-corrected chi connectivity index (χ0v) is 21.8. The molecule has 184 valence electrons. The zero-order chi connectivity index (χ0) is 25.4. The highest BCUT2D eigenvalue weighted by atomic mass is 35.5. The van der Waals surface area contributed by atoms with Crippen LogP contribution < -0.4 is 10.1 Å². The largest absolute Gasteiger partial charge is 0.484 e. The Morgan fingerprint density at radius 3 is 2.20 bits per heavy atom. The highest BCUT2D eigenvalue weighted by molar-refractivity contribution is 6.35. The van der Waals surface area contributed by atoms with E-state index in [9.17, 15) is 9.59 Å². The van der Waals surface area contributed by atoms with Crippen LogP contribution in [-0.2, 0) is 22.6 Å². The smallest absolute Gasteiger partial charge is 0.261 e. The van der Waals surface area contributed by atoms with Crippen molar-refractivity contribution in [2.75, 3.05) is 6.61 Å². The van der Waals surface area contributed by atoms with Crippen LogP contribution in [0.2, 0.25) is 15.1 Å². The molecule has 35 heavy (non-hydrogen) atoms. The Hall–Kier alpha value is -2.73. The van der Waals surface area contributed by atoms with Crippen molar-refractivity contribution < 1.29 is 14.3 Å². The molecule has 0 heterocycles. The number of nitrogens with one attached hydrogen (secondary N) is 1. The summed E-state index contributed by atoms with van der Waals surface area (Å²) in [6, 6.07) is 20.5. The maximum atomic E-state index is 13.5. The quantitative estimate of drug-likeness (QED) is 0.338. The second-order valence-electron chi connectivity index (χ2n) is 8.37. The van der Waals surface area contributed by atoms with Crippen molar-refractivity contribution in [3.05, 3.63) is 99.0 Å². The van der Waals surface area contributed by atoms with E-state index in [1.165, 1.54) is 4.90 Å². The molecule has 1 N–H and O–H groups in total. The van der Waals surface area contributed by atoms with Crippen molar-refractivity contribution in [2.24, 2.45) is 0 Å². The van der Waals surface area contributed by atoms with Crippen LogP contribution in [0, 0.1) is 0 Å². The van der Waals surface area contributed by atoms with Crippen molar-refractivity contribution in [1.82, 2.24) is 10.2 Å². The minimum atomic E-state index is -0.784. The number of halogens is 3. The minimum absolute atomic E-state index is 0.0952. The van der Waals surface area contributed by atoms with E-state index < -0.39 is 6.04 Å². The summed E-state index contributed by atoms with van der Waals surface area (Å²) in [6.07, 6.45) is 0.331. The zero-order valence-electron chi connectivity index (χ0n) is 19.5. The van der Waals surface area contributed by atoms with E-state index in [0.717, 1.165) is 5.56 Å². The molecule has 0 aliphatic carbocycles. The van der Waals surface area contributed by atoms with Gasteiger partial charge in [-0.15, -0.1) is 0 Å². The van der Waals surface area contributed by atoms with Crippen molar-refractivity contribution >= 4 is 46.6 Å². The number of carbonyl (C=O) groups excluding carboxylic acids is 2. The highest BCUT2D eigenvalue weighted by Crippen LogP contribution is 2.24. The Balaban J connectivity index is 1.93. The highest BCUT2D eigenvalue weighted by Gasteiger charge is 2.31. The summed E-state index contributed by atoms with van der Waals surface area (Å²) in [5.74, 6) is -0.113. The summed E-state index contributed by atoms with van der Waals surface area (Å²) in [7, 11) is 0. The van der Waals surface area contributed by atoms with Crippen LogP contribution in [0.4, 0.5) is 0 Å². The molecule has 0 aliphatic heterocycles. The molecule has 0 radical (unpaired) electrons. The lowest BCUT2D eigenvalue weighted by molar-refractivity contribution is -0.143. The molecule has 3 aromatic rings. The van der Waals surface area contributed by atoms with E-state index in [1.807, 2.05) is 44.2 Å². The maximum absolute atomic E-state index is 13.5. The third-order valence-electron chi connectivity index (χ3n) is 5.23. The Morgan fingerprint density at radius 1 is 0.914 bits per heavy atom. The molecule has 5 nitrogen and oxygen atoms in total. The van der Waals surface area contributed by atoms with Crippen molar-refractivity contribution in [2.45, 2.75) is 38.9 Å². The topological polar surface area (TPSA) is 58.6 Å². The summed E-state index contributed by atoms with van der Waals surface area (Å²) >= 11 is 18.4. The first kappa shape index (κ1) is 26.9. The van der Waals surface area contributed by atoms with Crippen LogP contribution >= 0.6 is 34.8 Å². The predicted octanol–water partition coefficient (Wildman–Crippen LogP) is 6.19.